The fraction of sp³-hybridized carbons (Fsp3) is 0.320. The highest BCUT2D eigenvalue weighted by atomic mass is 16.5. The average Bonchev–Trinajstić information content (AvgIpc) is 3.44. The van der Waals surface area contributed by atoms with Crippen molar-refractivity contribution in [2.45, 2.75) is 31.3 Å². The standard InChI is InChI=1S/C25H25N5O5/c1-2-21(23(31)29-11-15(12-29)30-13-22(24(32)33)27-28-30)26-25(34)35-14-20-18-9-5-3-7-16(18)17-8-4-6-10-19(17)20/h3-10,13,15,20-21H,2,11-12,14H2,1H3,(H,26,34)(H,32,33)/t21-/m1/s1. The first-order valence-corrected chi connectivity index (χ1v) is 11.5. The molecule has 1 aromatic heterocycles. The fourth-order valence-corrected chi connectivity index (χ4v) is 4.70. The summed E-state index contributed by atoms with van der Waals surface area (Å²) in [6, 6.07) is 15.3. The zero-order valence-electron chi connectivity index (χ0n) is 19.1. The van der Waals surface area contributed by atoms with Crippen molar-refractivity contribution in [3.05, 3.63) is 71.5 Å². The van der Waals surface area contributed by atoms with E-state index in [9.17, 15) is 14.4 Å². The van der Waals surface area contributed by atoms with Gasteiger partial charge in [-0.15, -0.1) is 5.10 Å². The highest BCUT2D eigenvalue weighted by molar-refractivity contribution is 5.86. The van der Waals surface area contributed by atoms with E-state index in [1.165, 1.54) is 10.9 Å². The van der Waals surface area contributed by atoms with Gasteiger partial charge >= 0.3 is 12.1 Å². The lowest BCUT2D eigenvalue weighted by Crippen LogP contribution is -2.57. The van der Waals surface area contributed by atoms with Crippen LogP contribution < -0.4 is 5.32 Å². The van der Waals surface area contributed by atoms with Crippen LogP contribution in [0, 0.1) is 0 Å². The minimum Gasteiger partial charge on any atom is -0.476 e. The molecule has 2 N–H and O–H groups in total. The molecule has 35 heavy (non-hydrogen) atoms. The summed E-state index contributed by atoms with van der Waals surface area (Å²) in [4.78, 5) is 38.1. The van der Waals surface area contributed by atoms with Crippen molar-refractivity contribution in [3.8, 4) is 11.1 Å². The summed E-state index contributed by atoms with van der Waals surface area (Å²) >= 11 is 0. The smallest absolute Gasteiger partial charge is 0.407 e. The van der Waals surface area contributed by atoms with Crippen LogP contribution >= 0.6 is 0 Å². The molecule has 2 heterocycles. The number of alkyl carbamates (subject to hydrolysis) is 1. The molecular formula is C25H25N5O5. The van der Waals surface area contributed by atoms with Crippen molar-refractivity contribution in [2.75, 3.05) is 19.7 Å². The summed E-state index contributed by atoms with van der Waals surface area (Å²) in [6.07, 6.45) is 1.13. The molecule has 180 valence electrons. The minimum absolute atomic E-state index is 0.0570. The van der Waals surface area contributed by atoms with Gasteiger partial charge in [0.05, 0.1) is 12.2 Å². The number of benzene rings is 2. The van der Waals surface area contributed by atoms with E-state index in [0.717, 1.165) is 22.3 Å². The third-order valence-electron chi connectivity index (χ3n) is 6.62. The maximum Gasteiger partial charge on any atom is 0.407 e. The van der Waals surface area contributed by atoms with Crippen LogP contribution in [0.4, 0.5) is 4.79 Å². The first-order valence-electron chi connectivity index (χ1n) is 11.5. The average molecular weight is 476 g/mol. The number of nitrogens with one attached hydrogen (secondary N) is 1. The lowest BCUT2D eigenvalue weighted by atomic mass is 9.98. The molecule has 5 rings (SSSR count). The van der Waals surface area contributed by atoms with E-state index in [0.29, 0.717) is 19.5 Å². The van der Waals surface area contributed by atoms with Crippen LogP contribution in [0.15, 0.2) is 54.7 Å². The number of likely N-dealkylation sites (tertiary alicyclic amines) is 1. The molecule has 2 amide bonds. The molecule has 0 bridgehead atoms. The summed E-state index contributed by atoms with van der Waals surface area (Å²) in [6.45, 7) is 2.73. The Morgan fingerprint density at radius 2 is 1.71 bits per heavy atom. The lowest BCUT2D eigenvalue weighted by Gasteiger charge is -2.40. The van der Waals surface area contributed by atoms with Crippen molar-refractivity contribution < 1.29 is 24.2 Å². The van der Waals surface area contributed by atoms with E-state index in [4.69, 9.17) is 9.84 Å². The summed E-state index contributed by atoms with van der Waals surface area (Å²) < 4.78 is 7.02. The predicted octanol–water partition coefficient (Wildman–Crippen LogP) is 2.68. The molecule has 10 heteroatoms. The Kier molecular flexibility index (Phi) is 5.94. The first-order chi connectivity index (χ1) is 17.0. The number of aromatic nitrogens is 3. The number of ether oxygens (including phenoxy) is 1. The summed E-state index contributed by atoms with van der Waals surface area (Å²) in [5.74, 6) is -1.42. The third-order valence-corrected chi connectivity index (χ3v) is 6.62. The van der Waals surface area contributed by atoms with Crippen molar-refractivity contribution in [1.29, 1.82) is 0 Å². The van der Waals surface area contributed by atoms with Gasteiger partial charge in [0.1, 0.15) is 12.6 Å². The van der Waals surface area contributed by atoms with Gasteiger partial charge in [0.15, 0.2) is 5.69 Å². The van der Waals surface area contributed by atoms with E-state index in [-0.39, 0.29) is 30.2 Å². The second kappa shape index (κ2) is 9.21. The van der Waals surface area contributed by atoms with Gasteiger partial charge in [-0.3, -0.25) is 4.79 Å². The molecule has 0 spiro atoms. The van der Waals surface area contributed by atoms with Crippen LogP contribution in [0.1, 0.15) is 46.9 Å². The topological polar surface area (TPSA) is 127 Å². The Balaban J connectivity index is 1.16. The maximum atomic E-state index is 12.9. The SMILES string of the molecule is CC[C@@H](NC(=O)OCC1c2ccccc2-c2ccccc21)C(=O)N1CC(n2cc(C(=O)O)nn2)C1. The number of nitrogens with zero attached hydrogens (tertiary/aromatic N) is 4. The summed E-state index contributed by atoms with van der Waals surface area (Å²) in [7, 11) is 0. The number of carboxylic acids is 1. The number of aromatic carboxylic acids is 1. The van der Waals surface area contributed by atoms with Crippen LogP contribution in [0.25, 0.3) is 11.1 Å². The number of hydrogen-bond acceptors (Lipinski definition) is 6. The molecule has 1 aliphatic carbocycles. The summed E-state index contributed by atoms with van der Waals surface area (Å²) in [5, 5.41) is 19.1. The summed E-state index contributed by atoms with van der Waals surface area (Å²) in [5.41, 5.74) is 4.40. The lowest BCUT2D eigenvalue weighted by molar-refractivity contribution is -0.139. The van der Waals surface area contributed by atoms with Crippen molar-refractivity contribution in [1.82, 2.24) is 25.2 Å². The molecule has 10 nitrogen and oxygen atoms in total. The third kappa shape index (κ3) is 4.23. The number of fused-ring (bicyclic) bond motifs is 3. The van der Waals surface area contributed by atoms with Crippen molar-refractivity contribution >= 4 is 18.0 Å². The number of carbonyl (C=O) groups is 3. The number of carboxylic acid groups (broad SMARTS) is 1. The van der Waals surface area contributed by atoms with Crippen molar-refractivity contribution in [2.24, 2.45) is 0 Å². The van der Waals surface area contributed by atoms with Gasteiger partial charge in [-0.05, 0) is 28.7 Å². The highest BCUT2D eigenvalue weighted by Gasteiger charge is 2.37. The maximum absolute atomic E-state index is 12.9. The number of carbonyl (C=O) groups excluding carboxylic acids is 2. The van der Waals surface area contributed by atoms with E-state index >= 15 is 0 Å². The van der Waals surface area contributed by atoms with E-state index < -0.39 is 18.1 Å². The van der Waals surface area contributed by atoms with E-state index in [1.807, 2.05) is 31.2 Å². The fourth-order valence-electron chi connectivity index (χ4n) is 4.70. The Labute approximate surface area is 201 Å². The quantitative estimate of drug-likeness (QED) is 0.538. The van der Waals surface area contributed by atoms with Crippen LogP contribution in [0.3, 0.4) is 0 Å². The Hall–Kier alpha value is -4.21. The Morgan fingerprint density at radius 1 is 1.09 bits per heavy atom. The number of rotatable bonds is 7. The zero-order chi connectivity index (χ0) is 24.5. The molecule has 1 aliphatic heterocycles. The highest BCUT2D eigenvalue weighted by Crippen LogP contribution is 2.44. The monoisotopic (exact) mass is 475 g/mol. The molecule has 1 fully saturated rings. The van der Waals surface area contributed by atoms with Gasteiger partial charge < -0.3 is 20.1 Å². The van der Waals surface area contributed by atoms with Gasteiger partial charge in [0.2, 0.25) is 5.91 Å². The second-order valence-corrected chi connectivity index (χ2v) is 8.72. The second-order valence-electron chi connectivity index (χ2n) is 8.72. The van der Waals surface area contributed by atoms with Crippen LogP contribution in [0.2, 0.25) is 0 Å². The van der Waals surface area contributed by atoms with Gasteiger partial charge in [-0.25, -0.2) is 14.3 Å². The van der Waals surface area contributed by atoms with E-state index in [2.05, 4.69) is 39.9 Å². The number of hydrogen-bond donors (Lipinski definition) is 2. The van der Waals surface area contributed by atoms with Crippen LogP contribution in [0.5, 0.6) is 0 Å². The van der Waals surface area contributed by atoms with Crippen molar-refractivity contribution in [3.63, 3.8) is 0 Å². The molecule has 0 unspecified atom stereocenters. The molecular weight excluding hydrogens is 450 g/mol. The Morgan fingerprint density at radius 3 is 2.29 bits per heavy atom. The molecule has 0 radical (unpaired) electrons. The van der Waals surface area contributed by atoms with Gasteiger partial charge in [0.25, 0.3) is 0 Å². The first kappa shape index (κ1) is 22.6. The zero-order valence-corrected chi connectivity index (χ0v) is 19.1. The molecule has 1 saturated heterocycles. The van der Waals surface area contributed by atoms with Gasteiger partial charge in [-0.2, -0.15) is 0 Å². The molecule has 2 aromatic carbocycles. The van der Waals surface area contributed by atoms with Gasteiger partial charge in [-0.1, -0.05) is 60.7 Å². The minimum atomic E-state index is -1.15. The number of amides is 2. The van der Waals surface area contributed by atoms with Crippen LogP contribution in [-0.2, 0) is 9.53 Å². The largest absolute Gasteiger partial charge is 0.476 e. The normalized spacial score (nSPS) is 15.6. The van der Waals surface area contributed by atoms with Gasteiger partial charge in [0, 0.05) is 19.0 Å². The van der Waals surface area contributed by atoms with E-state index in [1.54, 1.807) is 4.90 Å². The molecule has 2 aliphatic rings. The molecule has 3 aromatic rings. The Bertz CT molecular complexity index is 1240. The predicted molar refractivity (Wildman–Crippen MR) is 125 cm³/mol. The van der Waals surface area contributed by atoms with Crippen LogP contribution in [-0.4, -0.2) is 68.7 Å². The molecule has 0 saturated carbocycles. The molecule has 1 atom stereocenters.